The third-order valence-electron chi connectivity index (χ3n) is 4.96. The number of benzene rings is 1. The topological polar surface area (TPSA) is 92.3 Å². The van der Waals surface area contributed by atoms with Gasteiger partial charge in [0.15, 0.2) is 11.7 Å². The van der Waals surface area contributed by atoms with Crippen LogP contribution in [0.5, 0.6) is 0 Å². The lowest BCUT2D eigenvalue weighted by molar-refractivity contribution is -0.174. The second kappa shape index (κ2) is 7.52. The monoisotopic (exact) mass is 420 g/mol. The number of fused-ring (bicyclic) bond motifs is 1. The van der Waals surface area contributed by atoms with E-state index >= 15 is 0 Å². The summed E-state index contributed by atoms with van der Waals surface area (Å²) in [4.78, 5) is 12.6. The lowest BCUT2D eigenvalue weighted by atomic mass is 10.0. The molecular formula is C20H19F3N4O3. The Labute approximate surface area is 169 Å². The van der Waals surface area contributed by atoms with E-state index in [1.807, 2.05) is 0 Å². The highest BCUT2D eigenvalue weighted by atomic mass is 19.4. The first kappa shape index (κ1) is 20.0. The van der Waals surface area contributed by atoms with Crippen molar-refractivity contribution in [2.24, 2.45) is 0 Å². The largest absolute Gasteiger partial charge is 0.467 e. The van der Waals surface area contributed by atoms with Crippen molar-refractivity contribution in [2.75, 3.05) is 10.6 Å². The highest BCUT2D eigenvalue weighted by Crippen LogP contribution is 2.43. The van der Waals surface area contributed by atoms with E-state index in [2.05, 4.69) is 15.7 Å². The van der Waals surface area contributed by atoms with E-state index in [4.69, 9.17) is 4.42 Å². The molecule has 0 spiro atoms. The summed E-state index contributed by atoms with van der Waals surface area (Å²) in [6, 6.07) is 8.39. The first-order chi connectivity index (χ1) is 14.2. The van der Waals surface area contributed by atoms with Gasteiger partial charge in [0, 0.05) is 18.2 Å². The van der Waals surface area contributed by atoms with Crippen LogP contribution in [0.25, 0.3) is 0 Å². The molecule has 10 heteroatoms. The van der Waals surface area contributed by atoms with Crippen LogP contribution >= 0.6 is 0 Å². The zero-order valence-electron chi connectivity index (χ0n) is 15.8. The van der Waals surface area contributed by atoms with Crippen molar-refractivity contribution in [2.45, 2.75) is 37.7 Å². The molecule has 0 aliphatic carbocycles. The first-order valence-corrected chi connectivity index (χ1v) is 9.28. The van der Waals surface area contributed by atoms with Crippen molar-refractivity contribution in [1.29, 1.82) is 0 Å². The number of aromatic nitrogens is 2. The number of hydrogen-bond donors (Lipinski definition) is 3. The van der Waals surface area contributed by atoms with Gasteiger partial charge in [-0.3, -0.25) is 4.79 Å². The fourth-order valence-corrected chi connectivity index (χ4v) is 3.40. The summed E-state index contributed by atoms with van der Waals surface area (Å²) in [5.74, 6) is -0.181. The summed E-state index contributed by atoms with van der Waals surface area (Å²) in [5.41, 5.74) is 0.960. The normalized spacial score (nSPS) is 19.6. The highest BCUT2D eigenvalue weighted by molar-refractivity contribution is 6.03. The number of anilines is 2. The van der Waals surface area contributed by atoms with Gasteiger partial charge < -0.3 is 20.2 Å². The van der Waals surface area contributed by atoms with Gasteiger partial charge in [-0.05, 0) is 36.8 Å². The Morgan fingerprint density at radius 2 is 2.07 bits per heavy atom. The smallest absolute Gasteiger partial charge is 0.410 e. The maximum atomic E-state index is 13.7. The van der Waals surface area contributed by atoms with Crippen LogP contribution in [0.4, 0.5) is 24.7 Å². The lowest BCUT2D eigenvalue weighted by Crippen LogP contribution is -2.35. The average Bonchev–Trinajstić information content (AvgIpc) is 3.36. The van der Waals surface area contributed by atoms with Crippen LogP contribution in [0.15, 0.2) is 53.1 Å². The summed E-state index contributed by atoms with van der Waals surface area (Å²) in [7, 11) is 0. The summed E-state index contributed by atoms with van der Waals surface area (Å²) in [5, 5.41) is 19.0. The van der Waals surface area contributed by atoms with E-state index in [1.54, 1.807) is 43.3 Å². The van der Waals surface area contributed by atoms with Crippen LogP contribution in [0, 0.1) is 0 Å². The van der Waals surface area contributed by atoms with E-state index in [-0.39, 0.29) is 17.9 Å². The van der Waals surface area contributed by atoms with E-state index in [0.29, 0.717) is 17.0 Å². The van der Waals surface area contributed by atoms with Crippen molar-refractivity contribution >= 4 is 17.4 Å². The number of aliphatic hydroxyl groups is 1. The standard InChI is InChI=1S/C20H19F3N4O3/c1-11(28)12-4-6-13(7-5-12)24-19(29)15-10-18-25-14(16-3-2-8-30-16)9-17(20(21,22)23)27(18)26-15/h2-8,10-11,14,17,25,28H,9H2,1H3,(H,24,29)/t11-,14+,17-/m0/s1. The molecule has 0 unspecified atom stereocenters. The number of carbonyl (C=O) groups is 1. The predicted molar refractivity (Wildman–Crippen MR) is 102 cm³/mol. The highest BCUT2D eigenvalue weighted by Gasteiger charge is 2.47. The Hall–Kier alpha value is -3.27. The molecule has 30 heavy (non-hydrogen) atoms. The Bertz CT molecular complexity index is 1030. The number of hydrogen-bond acceptors (Lipinski definition) is 5. The van der Waals surface area contributed by atoms with Gasteiger partial charge in [0.2, 0.25) is 0 Å². The van der Waals surface area contributed by atoms with Crippen molar-refractivity contribution in [3.8, 4) is 0 Å². The first-order valence-electron chi connectivity index (χ1n) is 9.28. The number of furan rings is 1. The molecular weight excluding hydrogens is 401 g/mol. The van der Waals surface area contributed by atoms with Crippen LogP contribution < -0.4 is 10.6 Å². The Balaban J connectivity index is 1.59. The summed E-state index contributed by atoms with van der Waals surface area (Å²) in [6.45, 7) is 1.61. The van der Waals surface area contributed by atoms with E-state index in [1.165, 1.54) is 12.3 Å². The molecule has 158 valence electrons. The number of halogens is 3. The number of nitrogens with one attached hydrogen (secondary N) is 2. The van der Waals surface area contributed by atoms with E-state index in [9.17, 15) is 23.1 Å². The van der Waals surface area contributed by atoms with Crippen molar-refractivity contribution in [1.82, 2.24) is 9.78 Å². The van der Waals surface area contributed by atoms with Crippen molar-refractivity contribution < 1.29 is 27.5 Å². The Morgan fingerprint density at radius 1 is 1.33 bits per heavy atom. The number of rotatable bonds is 4. The van der Waals surface area contributed by atoms with Gasteiger partial charge in [0.25, 0.3) is 5.91 Å². The zero-order chi connectivity index (χ0) is 21.5. The number of carbonyl (C=O) groups excluding carboxylic acids is 1. The second-order valence-corrected chi connectivity index (χ2v) is 7.12. The van der Waals surface area contributed by atoms with E-state index in [0.717, 1.165) is 4.68 Å². The van der Waals surface area contributed by atoms with Crippen LogP contribution in [-0.2, 0) is 0 Å². The fraction of sp³-hybridized carbons (Fsp3) is 0.300. The van der Waals surface area contributed by atoms with Gasteiger partial charge in [0.05, 0.1) is 18.4 Å². The van der Waals surface area contributed by atoms with Gasteiger partial charge in [-0.25, -0.2) is 4.68 Å². The van der Waals surface area contributed by atoms with Gasteiger partial charge in [-0.15, -0.1) is 0 Å². The molecule has 4 rings (SSSR count). The van der Waals surface area contributed by atoms with Gasteiger partial charge in [-0.2, -0.15) is 18.3 Å². The molecule has 7 nitrogen and oxygen atoms in total. The van der Waals surface area contributed by atoms with Crippen LogP contribution in [0.3, 0.4) is 0 Å². The van der Waals surface area contributed by atoms with Crippen LogP contribution in [-0.4, -0.2) is 27.0 Å². The van der Waals surface area contributed by atoms with Gasteiger partial charge in [0.1, 0.15) is 11.6 Å². The molecule has 1 amide bonds. The van der Waals surface area contributed by atoms with Gasteiger partial charge >= 0.3 is 6.18 Å². The summed E-state index contributed by atoms with van der Waals surface area (Å²) >= 11 is 0. The predicted octanol–water partition coefficient (Wildman–Crippen LogP) is 4.44. The van der Waals surface area contributed by atoms with Crippen molar-refractivity contribution in [3.05, 3.63) is 65.7 Å². The zero-order valence-corrected chi connectivity index (χ0v) is 15.8. The van der Waals surface area contributed by atoms with Crippen LogP contribution in [0.1, 0.15) is 53.3 Å². The SMILES string of the molecule is C[C@H](O)c1ccc(NC(=O)c2cc3n(n2)[C@H](C(F)(F)F)C[C@H](c2ccco2)N3)cc1. The maximum absolute atomic E-state index is 13.7. The minimum absolute atomic E-state index is 0.0829. The minimum atomic E-state index is -4.54. The number of alkyl halides is 3. The lowest BCUT2D eigenvalue weighted by Gasteiger charge is -2.32. The van der Waals surface area contributed by atoms with Crippen LogP contribution in [0.2, 0.25) is 0 Å². The Morgan fingerprint density at radius 3 is 2.67 bits per heavy atom. The number of amides is 1. The quantitative estimate of drug-likeness (QED) is 0.580. The fourth-order valence-electron chi connectivity index (χ4n) is 3.40. The molecule has 0 fully saturated rings. The molecule has 3 heterocycles. The molecule has 0 saturated carbocycles. The molecule has 3 N–H and O–H groups in total. The molecule has 2 aromatic heterocycles. The molecule has 1 aromatic carbocycles. The minimum Gasteiger partial charge on any atom is -0.467 e. The molecule has 3 aromatic rings. The molecule has 1 aliphatic heterocycles. The average molecular weight is 420 g/mol. The molecule has 0 saturated heterocycles. The summed E-state index contributed by atoms with van der Waals surface area (Å²) < 4.78 is 47.0. The number of nitrogens with zero attached hydrogens (tertiary/aromatic N) is 2. The Kier molecular flexibility index (Phi) is 5.02. The molecule has 3 atom stereocenters. The third-order valence-corrected chi connectivity index (χ3v) is 4.96. The van der Waals surface area contributed by atoms with Gasteiger partial charge in [-0.1, -0.05) is 12.1 Å². The molecule has 1 aliphatic rings. The van der Waals surface area contributed by atoms with Crippen molar-refractivity contribution in [3.63, 3.8) is 0 Å². The maximum Gasteiger partial charge on any atom is 0.410 e. The van der Waals surface area contributed by atoms with E-state index < -0.39 is 30.3 Å². The third kappa shape index (κ3) is 3.90. The second-order valence-electron chi connectivity index (χ2n) is 7.12. The molecule has 0 bridgehead atoms. The number of aliphatic hydroxyl groups excluding tert-OH is 1. The summed E-state index contributed by atoms with van der Waals surface area (Å²) in [6.07, 6.45) is -4.11. The molecule has 0 radical (unpaired) electrons.